The summed E-state index contributed by atoms with van der Waals surface area (Å²) in [6.07, 6.45) is 3.30. The molecule has 0 aliphatic carbocycles. The molecule has 0 amide bonds. The Morgan fingerprint density at radius 1 is 1.20 bits per heavy atom. The van der Waals surface area contributed by atoms with E-state index >= 15 is 0 Å². The summed E-state index contributed by atoms with van der Waals surface area (Å²) in [5.41, 5.74) is 1.85. The lowest BCUT2D eigenvalue weighted by molar-refractivity contribution is 0.698. The second kappa shape index (κ2) is 5.17. The molecule has 1 aromatic carbocycles. The number of nitrogens with zero attached hydrogens (tertiary/aromatic N) is 3. The molecule has 0 atom stereocenters. The first-order chi connectivity index (χ1) is 9.66. The minimum Gasteiger partial charge on any atom is -0.291 e. The summed E-state index contributed by atoms with van der Waals surface area (Å²) in [4.78, 5) is 20.8. The van der Waals surface area contributed by atoms with Crippen LogP contribution in [0.5, 0.6) is 0 Å². The third-order valence-corrected chi connectivity index (χ3v) is 3.79. The van der Waals surface area contributed by atoms with Gasteiger partial charge in [-0.05, 0) is 34.5 Å². The van der Waals surface area contributed by atoms with Crippen LogP contribution in [0.2, 0.25) is 0 Å². The molecule has 20 heavy (non-hydrogen) atoms. The van der Waals surface area contributed by atoms with Crippen LogP contribution in [0, 0.1) is 6.92 Å². The Bertz CT molecular complexity index is 837. The lowest BCUT2D eigenvalue weighted by Crippen LogP contribution is -2.24. The molecule has 0 saturated heterocycles. The number of benzene rings is 1. The monoisotopic (exact) mass is 329 g/mol. The van der Waals surface area contributed by atoms with Crippen molar-refractivity contribution in [3.8, 4) is 0 Å². The summed E-state index contributed by atoms with van der Waals surface area (Å²) in [5, 5.41) is 1.07. The van der Waals surface area contributed by atoms with Crippen LogP contribution in [0.3, 0.4) is 0 Å². The summed E-state index contributed by atoms with van der Waals surface area (Å²) < 4.78 is 2.12. The first kappa shape index (κ1) is 13.0. The number of rotatable bonds is 2. The van der Waals surface area contributed by atoms with Gasteiger partial charge >= 0.3 is 0 Å². The second-order valence-electron chi connectivity index (χ2n) is 4.54. The van der Waals surface area contributed by atoms with E-state index in [0.29, 0.717) is 16.8 Å². The molecule has 3 rings (SSSR count). The van der Waals surface area contributed by atoms with E-state index in [-0.39, 0.29) is 5.56 Å². The highest BCUT2D eigenvalue weighted by molar-refractivity contribution is 9.10. The minimum atomic E-state index is -0.0783. The van der Waals surface area contributed by atoms with Crippen LogP contribution in [0.25, 0.3) is 10.9 Å². The summed E-state index contributed by atoms with van der Waals surface area (Å²) in [5.74, 6) is 0.686. The van der Waals surface area contributed by atoms with Gasteiger partial charge in [0.05, 0.1) is 12.1 Å². The Labute approximate surface area is 124 Å². The van der Waals surface area contributed by atoms with Crippen LogP contribution in [-0.4, -0.2) is 14.5 Å². The fourth-order valence-electron chi connectivity index (χ4n) is 2.20. The number of aryl methyl sites for hydroxylation is 1. The SMILES string of the molecule is Cc1ncc(Br)c(=O)n1Cc1cccc2cccnc12. The second-order valence-corrected chi connectivity index (χ2v) is 5.39. The van der Waals surface area contributed by atoms with Crippen LogP contribution in [0.15, 0.2) is 52.0 Å². The van der Waals surface area contributed by atoms with Crippen molar-refractivity contribution in [2.24, 2.45) is 0 Å². The van der Waals surface area contributed by atoms with Crippen molar-refractivity contribution >= 4 is 26.8 Å². The first-order valence-corrected chi connectivity index (χ1v) is 7.00. The first-order valence-electron chi connectivity index (χ1n) is 6.21. The quantitative estimate of drug-likeness (QED) is 0.726. The van der Waals surface area contributed by atoms with Gasteiger partial charge in [-0.3, -0.25) is 14.3 Å². The molecular formula is C15H12BrN3O. The molecule has 0 bridgehead atoms. The minimum absolute atomic E-state index is 0.0783. The van der Waals surface area contributed by atoms with Crippen molar-refractivity contribution in [1.82, 2.24) is 14.5 Å². The lowest BCUT2D eigenvalue weighted by Gasteiger charge is -2.11. The van der Waals surface area contributed by atoms with Crippen molar-refractivity contribution in [3.05, 3.63) is 68.9 Å². The number of halogens is 1. The van der Waals surface area contributed by atoms with E-state index in [1.54, 1.807) is 10.8 Å². The van der Waals surface area contributed by atoms with Crippen LogP contribution in [0.1, 0.15) is 11.4 Å². The zero-order valence-electron chi connectivity index (χ0n) is 10.9. The van der Waals surface area contributed by atoms with E-state index in [2.05, 4.69) is 25.9 Å². The zero-order valence-corrected chi connectivity index (χ0v) is 12.5. The third-order valence-electron chi connectivity index (χ3n) is 3.25. The molecule has 0 radical (unpaired) electrons. The van der Waals surface area contributed by atoms with Crippen molar-refractivity contribution in [2.45, 2.75) is 13.5 Å². The molecule has 0 N–H and O–H groups in total. The largest absolute Gasteiger partial charge is 0.291 e. The van der Waals surface area contributed by atoms with Crippen molar-refractivity contribution in [3.63, 3.8) is 0 Å². The number of hydrogen-bond donors (Lipinski definition) is 0. The summed E-state index contributed by atoms with van der Waals surface area (Å²) in [7, 11) is 0. The van der Waals surface area contributed by atoms with Crippen molar-refractivity contribution in [2.75, 3.05) is 0 Å². The molecule has 0 fully saturated rings. The number of fused-ring (bicyclic) bond motifs is 1. The number of para-hydroxylation sites is 1. The van der Waals surface area contributed by atoms with Gasteiger partial charge in [-0.15, -0.1) is 0 Å². The normalized spacial score (nSPS) is 10.9. The Balaban J connectivity index is 2.15. The molecule has 2 aromatic heterocycles. The molecular weight excluding hydrogens is 318 g/mol. The number of hydrogen-bond acceptors (Lipinski definition) is 3. The van der Waals surface area contributed by atoms with E-state index < -0.39 is 0 Å². The van der Waals surface area contributed by atoms with Crippen LogP contribution >= 0.6 is 15.9 Å². The molecule has 3 aromatic rings. The molecule has 5 heteroatoms. The van der Waals surface area contributed by atoms with E-state index in [9.17, 15) is 4.79 Å². The highest BCUT2D eigenvalue weighted by Gasteiger charge is 2.08. The van der Waals surface area contributed by atoms with Crippen LogP contribution < -0.4 is 5.56 Å². The number of pyridine rings is 1. The molecule has 0 aliphatic heterocycles. The molecule has 2 heterocycles. The zero-order chi connectivity index (χ0) is 14.1. The highest BCUT2D eigenvalue weighted by Crippen LogP contribution is 2.17. The summed E-state index contributed by atoms with van der Waals surface area (Å²) in [6.45, 7) is 2.29. The van der Waals surface area contributed by atoms with Crippen LogP contribution in [-0.2, 0) is 6.54 Å². The predicted octanol–water partition coefficient (Wildman–Crippen LogP) is 2.91. The molecule has 100 valence electrons. The van der Waals surface area contributed by atoms with Gasteiger partial charge in [0.25, 0.3) is 5.56 Å². The Hall–Kier alpha value is -2.01. The highest BCUT2D eigenvalue weighted by atomic mass is 79.9. The third kappa shape index (κ3) is 2.25. The fraction of sp³-hybridized carbons (Fsp3) is 0.133. The molecule has 0 saturated carbocycles. The standard InChI is InChI=1S/C15H12BrN3O/c1-10-18-8-13(16)15(20)19(10)9-12-5-2-4-11-6-3-7-17-14(11)12/h2-8H,9H2,1H3. The smallest absolute Gasteiger partial charge is 0.268 e. The van der Waals surface area contributed by atoms with Gasteiger partial charge < -0.3 is 0 Å². The summed E-state index contributed by atoms with van der Waals surface area (Å²) in [6, 6.07) is 9.90. The molecule has 0 aliphatic rings. The van der Waals surface area contributed by atoms with Crippen molar-refractivity contribution < 1.29 is 0 Å². The summed E-state index contributed by atoms with van der Waals surface area (Å²) >= 11 is 3.23. The number of aromatic nitrogens is 3. The van der Waals surface area contributed by atoms with Gasteiger partial charge in [0.2, 0.25) is 0 Å². The van der Waals surface area contributed by atoms with Gasteiger partial charge in [0.1, 0.15) is 10.3 Å². The van der Waals surface area contributed by atoms with E-state index in [4.69, 9.17) is 0 Å². The van der Waals surface area contributed by atoms with E-state index in [0.717, 1.165) is 16.5 Å². The van der Waals surface area contributed by atoms with Gasteiger partial charge in [0, 0.05) is 17.8 Å². The maximum absolute atomic E-state index is 12.2. The maximum atomic E-state index is 12.2. The van der Waals surface area contributed by atoms with Crippen LogP contribution in [0.4, 0.5) is 0 Å². The van der Waals surface area contributed by atoms with Gasteiger partial charge in [0.15, 0.2) is 0 Å². The lowest BCUT2D eigenvalue weighted by atomic mass is 10.1. The van der Waals surface area contributed by atoms with Gasteiger partial charge in [-0.1, -0.05) is 24.3 Å². The Kier molecular flexibility index (Phi) is 3.36. The molecule has 0 spiro atoms. The van der Waals surface area contributed by atoms with E-state index in [1.165, 1.54) is 6.20 Å². The average Bonchev–Trinajstić information content (AvgIpc) is 2.48. The molecule has 0 unspecified atom stereocenters. The maximum Gasteiger partial charge on any atom is 0.268 e. The topological polar surface area (TPSA) is 47.8 Å². The van der Waals surface area contributed by atoms with Crippen molar-refractivity contribution in [1.29, 1.82) is 0 Å². The van der Waals surface area contributed by atoms with Gasteiger partial charge in [-0.2, -0.15) is 0 Å². The Morgan fingerprint density at radius 2 is 2.00 bits per heavy atom. The molecule has 4 nitrogen and oxygen atoms in total. The van der Waals surface area contributed by atoms with Gasteiger partial charge in [-0.25, -0.2) is 4.98 Å². The van der Waals surface area contributed by atoms with E-state index in [1.807, 2.05) is 37.3 Å². The Morgan fingerprint density at radius 3 is 2.85 bits per heavy atom. The fourth-order valence-corrected chi connectivity index (χ4v) is 2.52. The average molecular weight is 330 g/mol. The predicted molar refractivity (Wildman–Crippen MR) is 81.8 cm³/mol.